The molecule has 1 amide bonds. The first-order valence-corrected chi connectivity index (χ1v) is 6.30. The van der Waals surface area contributed by atoms with Crippen molar-refractivity contribution in [1.82, 2.24) is 9.88 Å². The van der Waals surface area contributed by atoms with Crippen molar-refractivity contribution in [1.29, 1.82) is 0 Å². The molecule has 3 heterocycles. The van der Waals surface area contributed by atoms with Gasteiger partial charge in [0.1, 0.15) is 0 Å². The van der Waals surface area contributed by atoms with E-state index < -0.39 is 11.5 Å². The Morgan fingerprint density at radius 2 is 2.16 bits per heavy atom. The first-order chi connectivity index (χ1) is 8.99. The lowest BCUT2D eigenvalue weighted by Crippen LogP contribution is -2.51. The number of aromatic nitrogens is 1. The molecule has 1 atom stereocenters. The average Bonchev–Trinajstić information content (AvgIpc) is 2.77. The van der Waals surface area contributed by atoms with Gasteiger partial charge in [-0.15, -0.1) is 0 Å². The Kier molecular flexibility index (Phi) is 2.40. The van der Waals surface area contributed by atoms with E-state index in [2.05, 4.69) is 5.32 Å². The second-order valence-electron chi connectivity index (χ2n) is 4.95. The second kappa shape index (κ2) is 3.77. The highest BCUT2D eigenvalue weighted by atomic mass is 16.3. The molecule has 0 aliphatic carbocycles. The Hall–Kier alpha value is -1.95. The fraction of sp³-hybridized carbons (Fsp3) is 0.462. The minimum Gasteiger partial charge on any atom is -0.375 e. The number of fused-ring (bicyclic) bond motifs is 2. The van der Waals surface area contributed by atoms with Crippen LogP contribution in [0.15, 0.2) is 10.9 Å². The van der Waals surface area contributed by atoms with E-state index in [1.54, 1.807) is 6.92 Å². The summed E-state index contributed by atoms with van der Waals surface area (Å²) in [7, 11) is 0. The van der Waals surface area contributed by atoms with Crippen LogP contribution in [-0.4, -0.2) is 21.4 Å². The van der Waals surface area contributed by atoms with Gasteiger partial charge in [0, 0.05) is 30.6 Å². The van der Waals surface area contributed by atoms with Gasteiger partial charge in [0.15, 0.2) is 11.4 Å². The second-order valence-corrected chi connectivity index (χ2v) is 4.95. The molecule has 0 aromatic carbocycles. The molecule has 0 bridgehead atoms. The van der Waals surface area contributed by atoms with Gasteiger partial charge in [0.2, 0.25) is 0 Å². The first-order valence-electron chi connectivity index (χ1n) is 6.30. The summed E-state index contributed by atoms with van der Waals surface area (Å²) in [5, 5.41) is 13.0. The summed E-state index contributed by atoms with van der Waals surface area (Å²) in [6.45, 7) is 2.14. The lowest BCUT2D eigenvalue weighted by Gasteiger charge is -2.32. The van der Waals surface area contributed by atoms with Crippen LogP contribution in [0, 0.1) is 0 Å². The Balaban J connectivity index is 2.33. The minimum atomic E-state index is -1.72. The van der Waals surface area contributed by atoms with Crippen molar-refractivity contribution in [3.05, 3.63) is 33.2 Å². The molecule has 19 heavy (non-hydrogen) atoms. The van der Waals surface area contributed by atoms with Crippen molar-refractivity contribution in [2.45, 2.75) is 38.5 Å². The third-order valence-electron chi connectivity index (χ3n) is 4.01. The van der Waals surface area contributed by atoms with Gasteiger partial charge in [-0.05, 0) is 12.5 Å². The maximum atomic E-state index is 12.3. The van der Waals surface area contributed by atoms with Crippen molar-refractivity contribution in [2.24, 2.45) is 0 Å². The number of ketones is 1. The van der Waals surface area contributed by atoms with Crippen molar-refractivity contribution >= 4 is 11.7 Å². The number of pyridine rings is 1. The maximum absolute atomic E-state index is 12.3. The molecule has 2 aliphatic rings. The van der Waals surface area contributed by atoms with Crippen LogP contribution in [0.2, 0.25) is 0 Å². The van der Waals surface area contributed by atoms with Gasteiger partial charge in [0.05, 0.1) is 5.69 Å². The first kappa shape index (κ1) is 12.1. The summed E-state index contributed by atoms with van der Waals surface area (Å²) >= 11 is 0. The summed E-state index contributed by atoms with van der Waals surface area (Å²) in [6, 6.07) is 1.51. The number of carbonyl (C=O) groups is 2. The summed E-state index contributed by atoms with van der Waals surface area (Å²) in [6.07, 6.45) is 0.451. The van der Waals surface area contributed by atoms with Crippen LogP contribution < -0.4 is 10.9 Å². The summed E-state index contributed by atoms with van der Waals surface area (Å²) in [4.78, 5) is 35.9. The van der Waals surface area contributed by atoms with E-state index in [0.29, 0.717) is 24.2 Å². The molecule has 0 saturated heterocycles. The third-order valence-corrected chi connectivity index (χ3v) is 4.01. The number of nitrogens with one attached hydrogen (secondary N) is 1. The molecule has 0 spiro atoms. The van der Waals surface area contributed by atoms with E-state index in [0.717, 1.165) is 0 Å². The molecule has 2 aliphatic heterocycles. The molecule has 3 rings (SSSR count). The van der Waals surface area contributed by atoms with Gasteiger partial charge in [-0.2, -0.15) is 0 Å². The van der Waals surface area contributed by atoms with Gasteiger partial charge in [-0.25, -0.2) is 0 Å². The topological polar surface area (TPSA) is 88.4 Å². The minimum absolute atomic E-state index is 0.101. The van der Waals surface area contributed by atoms with E-state index in [1.165, 1.54) is 10.6 Å². The number of amides is 1. The van der Waals surface area contributed by atoms with Gasteiger partial charge in [0.25, 0.3) is 11.5 Å². The summed E-state index contributed by atoms with van der Waals surface area (Å²) in [5.41, 5.74) is -1.05. The van der Waals surface area contributed by atoms with Gasteiger partial charge in [-0.1, -0.05) is 6.92 Å². The standard InChI is InChI=1S/C13H14N2O4/c1-2-13(19)8-5-9-10(16)3-4-15(9)11(17)7(8)6-14-12(13)18/h5,19H,2-4,6H2,1H3,(H,14,18). The molecule has 0 radical (unpaired) electrons. The fourth-order valence-electron chi connectivity index (χ4n) is 2.81. The monoisotopic (exact) mass is 262 g/mol. The number of hydrogen-bond acceptors (Lipinski definition) is 4. The van der Waals surface area contributed by atoms with E-state index in [9.17, 15) is 19.5 Å². The molecule has 1 unspecified atom stereocenters. The number of carbonyl (C=O) groups excluding carboxylic acids is 2. The normalized spacial score (nSPS) is 24.9. The Morgan fingerprint density at radius 3 is 2.84 bits per heavy atom. The van der Waals surface area contributed by atoms with Crippen molar-refractivity contribution in [2.75, 3.05) is 0 Å². The number of aliphatic hydroxyl groups is 1. The third kappa shape index (κ3) is 1.43. The van der Waals surface area contributed by atoms with Crippen LogP contribution in [0.4, 0.5) is 0 Å². The number of hydrogen-bond donors (Lipinski definition) is 2. The predicted octanol–water partition coefficient (Wildman–Crippen LogP) is -0.338. The maximum Gasteiger partial charge on any atom is 0.256 e. The van der Waals surface area contributed by atoms with Crippen LogP contribution in [0.1, 0.15) is 41.4 Å². The highest BCUT2D eigenvalue weighted by Gasteiger charge is 2.43. The molecule has 0 fully saturated rings. The number of nitrogens with zero attached hydrogens (tertiary/aromatic N) is 1. The van der Waals surface area contributed by atoms with Crippen LogP contribution >= 0.6 is 0 Å². The van der Waals surface area contributed by atoms with Gasteiger partial charge in [-0.3, -0.25) is 14.4 Å². The molecule has 6 nitrogen and oxygen atoms in total. The van der Waals surface area contributed by atoms with Gasteiger partial charge >= 0.3 is 0 Å². The van der Waals surface area contributed by atoms with Crippen LogP contribution in [0.5, 0.6) is 0 Å². The van der Waals surface area contributed by atoms with E-state index in [-0.39, 0.29) is 29.9 Å². The summed E-state index contributed by atoms with van der Waals surface area (Å²) < 4.78 is 1.43. The molecule has 1 aromatic heterocycles. The number of rotatable bonds is 1. The predicted molar refractivity (Wildman–Crippen MR) is 65.7 cm³/mol. The molecule has 0 saturated carbocycles. The fourth-order valence-corrected chi connectivity index (χ4v) is 2.81. The Morgan fingerprint density at radius 1 is 1.42 bits per heavy atom. The molecule has 2 N–H and O–H groups in total. The van der Waals surface area contributed by atoms with Crippen LogP contribution in [0.3, 0.4) is 0 Å². The molecular weight excluding hydrogens is 248 g/mol. The van der Waals surface area contributed by atoms with Crippen molar-refractivity contribution in [3.8, 4) is 0 Å². The molecule has 1 aromatic rings. The van der Waals surface area contributed by atoms with Crippen LogP contribution in [0.25, 0.3) is 0 Å². The Bertz CT molecular complexity index is 661. The Labute approximate surface area is 109 Å². The zero-order valence-corrected chi connectivity index (χ0v) is 10.5. The molecule has 6 heteroatoms. The van der Waals surface area contributed by atoms with E-state index >= 15 is 0 Å². The zero-order chi connectivity index (χ0) is 13.8. The number of Topliss-reactive ketones (excluding diaryl/α,β-unsaturated/α-hetero) is 1. The van der Waals surface area contributed by atoms with Crippen molar-refractivity contribution < 1.29 is 14.7 Å². The zero-order valence-electron chi connectivity index (χ0n) is 10.5. The quantitative estimate of drug-likeness (QED) is 0.725. The lowest BCUT2D eigenvalue weighted by atomic mass is 9.84. The highest BCUT2D eigenvalue weighted by Crippen LogP contribution is 2.32. The SMILES string of the molecule is CCC1(O)C(=O)NCc2c1cc1n(c2=O)CCC1=O. The lowest BCUT2D eigenvalue weighted by molar-refractivity contribution is -0.142. The smallest absolute Gasteiger partial charge is 0.256 e. The highest BCUT2D eigenvalue weighted by molar-refractivity contribution is 5.97. The molecular formula is C13H14N2O4. The largest absolute Gasteiger partial charge is 0.375 e. The van der Waals surface area contributed by atoms with Gasteiger partial charge < -0.3 is 15.0 Å². The molecule has 100 valence electrons. The van der Waals surface area contributed by atoms with Crippen LogP contribution in [-0.2, 0) is 23.5 Å². The summed E-state index contributed by atoms with van der Waals surface area (Å²) in [5.74, 6) is -0.637. The van der Waals surface area contributed by atoms with E-state index in [1.807, 2.05) is 0 Å². The average molecular weight is 262 g/mol. The van der Waals surface area contributed by atoms with E-state index in [4.69, 9.17) is 0 Å². The van der Waals surface area contributed by atoms with Crippen molar-refractivity contribution in [3.63, 3.8) is 0 Å².